The zero-order chi connectivity index (χ0) is 30.6. The van der Waals surface area contributed by atoms with Crippen molar-refractivity contribution < 1.29 is 52.7 Å². The number of pyridine rings is 2. The van der Waals surface area contributed by atoms with Gasteiger partial charge in [-0.3, -0.25) is 19.6 Å². The first-order chi connectivity index (χ1) is 20.0. The zero-order valence-corrected chi connectivity index (χ0v) is 22.6. The summed E-state index contributed by atoms with van der Waals surface area (Å²) in [7, 11) is 0. The monoisotopic (exact) mass is 645 g/mol. The van der Waals surface area contributed by atoms with E-state index in [0.29, 0.717) is 0 Å². The summed E-state index contributed by atoms with van der Waals surface area (Å²) >= 11 is 0. The smallest absolute Gasteiger partial charge is 0.267 e. The molecule has 0 aliphatic heterocycles. The fourth-order valence-corrected chi connectivity index (χ4v) is 3.12. The van der Waals surface area contributed by atoms with Crippen LogP contribution in [0.1, 0.15) is 31.8 Å². The van der Waals surface area contributed by atoms with Crippen molar-refractivity contribution in [1.82, 2.24) is 20.8 Å². The molecule has 2 heterocycles. The summed E-state index contributed by atoms with van der Waals surface area (Å²) in [5.41, 5.74) is 1.58. The second-order valence-corrected chi connectivity index (χ2v) is 8.00. The Morgan fingerprint density at radius 2 is 0.814 bits per heavy atom. The van der Waals surface area contributed by atoms with Crippen LogP contribution in [0.3, 0.4) is 0 Å². The third-order valence-electron chi connectivity index (χ3n) is 5.05. The first-order valence-corrected chi connectivity index (χ1v) is 11.8. The molecular weight excluding hydrogens is 625 g/mol. The summed E-state index contributed by atoms with van der Waals surface area (Å²) in [5, 5.41) is 6.43. The van der Waals surface area contributed by atoms with Gasteiger partial charge in [0.1, 0.15) is 0 Å². The number of carbonyl (C=O) groups excluding carboxylic acids is 2. The van der Waals surface area contributed by atoms with Crippen molar-refractivity contribution in [2.24, 2.45) is 10.2 Å². The summed E-state index contributed by atoms with van der Waals surface area (Å²) in [6.07, 6.45) is -3.90. The number of nitrogens with one attached hydrogen (secondary N) is 2. The van der Waals surface area contributed by atoms with Gasteiger partial charge in [0.2, 0.25) is 0 Å². The van der Waals surface area contributed by atoms with E-state index in [-0.39, 0.29) is 39.0 Å². The van der Waals surface area contributed by atoms with E-state index < -0.39 is 35.6 Å². The number of hydrogen-bond acceptors (Lipinski definition) is 6. The van der Waals surface area contributed by atoms with Gasteiger partial charge in [-0.1, -0.05) is 60.7 Å². The average molecular weight is 645 g/mol. The average Bonchev–Trinajstić information content (AvgIpc) is 2.98. The molecule has 1 radical (unpaired) electrons. The summed E-state index contributed by atoms with van der Waals surface area (Å²) in [6, 6.07) is 19.6. The van der Waals surface area contributed by atoms with Crippen LogP contribution in [0.2, 0.25) is 0 Å². The van der Waals surface area contributed by atoms with Crippen molar-refractivity contribution in [1.29, 1.82) is 0 Å². The minimum Gasteiger partial charge on any atom is -0.267 e. The van der Waals surface area contributed by atoms with Gasteiger partial charge in [0.25, 0.3) is 11.8 Å². The predicted octanol–water partition coefficient (Wildman–Crippen LogP) is 5.55. The van der Waals surface area contributed by atoms with Crippen molar-refractivity contribution in [3.8, 4) is 0 Å². The Hall–Kier alpha value is -4.89. The van der Waals surface area contributed by atoms with Gasteiger partial charge in [-0.05, 0) is 24.3 Å². The van der Waals surface area contributed by atoms with E-state index in [2.05, 4.69) is 20.2 Å². The van der Waals surface area contributed by atoms with Gasteiger partial charge in [-0.15, -0.1) is 0 Å². The van der Waals surface area contributed by atoms with Gasteiger partial charge in [-0.25, -0.2) is 10.9 Å². The number of rotatable bonds is 6. The third kappa shape index (κ3) is 10.8. The number of hydrogen-bond donors (Lipinski definition) is 2. The van der Waals surface area contributed by atoms with E-state index in [0.717, 1.165) is 0 Å². The van der Waals surface area contributed by atoms with Crippen LogP contribution >= 0.6 is 0 Å². The molecule has 0 bridgehead atoms. The first kappa shape index (κ1) is 34.3. The van der Waals surface area contributed by atoms with E-state index in [1.807, 2.05) is 10.9 Å². The first-order valence-electron chi connectivity index (χ1n) is 11.8. The fraction of sp³-hybridized carbons (Fsp3) is 0.0714. The van der Waals surface area contributed by atoms with Gasteiger partial charge in [0.05, 0.1) is 0 Å². The molecule has 2 N–H and O–H groups in total. The topological polar surface area (TPSA) is 109 Å². The third-order valence-corrected chi connectivity index (χ3v) is 5.05. The van der Waals surface area contributed by atoms with E-state index >= 15 is 0 Å². The Labute approximate surface area is 251 Å². The van der Waals surface area contributed by atoms with Crippen LogP contribution in [-0.4, -0.2) is 45.6 Å². The molecule has 0 saturated heterocycles. The second kappa shape index (κ2) is 15.9. The van der Waals surface area contributed by atoms with E-state index in [9.17, 15) is 35.9 Å². The Balaban J connectivity index is 0.000000293. The predicted molar refractivity (Wildman–Crippen MR) is 141 cm³/mol. The van der Waals surface area contributed by atoms with Crippen LogP contribution in [0.25, 0.3) is 0 Å². The molecule has 2 aromatic carbocycles. The molecule has 0 unspecified atom stereocenters. The molecular formula is C28H20CoF6N6O2. The minimum atomic E-state index is -4.67. The number of nitrogens with zero attached hydrogens (tertiary/aromatic N) is 4. The normalized spacial score (nSPS) is 11.8. The Bertz CT molecular complexity index is 1400. The summed E-state index contributed by atoms with van der Waals surface area (Å²) < 4.78 is 77.8. The van der Waals surface area contributed by atoms with Crippen molar-refractivity contribution in [2.45, 2.75) is 12.4 Å². The molecule has 4 rings (SSSR count). The standard InChI is InChI=1S/2C14H10F3N3O.Co/c2*15-14(16,17)12(10-4-2-1-3-5-10)19-20-13(21)11-6-8-18-9-7-11;/h2*1-9H,(H,20,21);. The van der Waals surface area contributed by atoms with E-state index in [4.69, 9.17) is 0 Å². The summed E-state index contributed by atoms with van der Waals surface area (Å²) in [6.45, 7) is 0. The van der Waals surface area contributed by atoms with Gasteiger partial charge in [0, 0.05) is 63.8 Å². The molecule has 0 spiro atoms. The van der Waals surface area contributed by atoms with Crippen molar-refractivity contribution >= 4 is 23.2 Å². The Kier molecular flexibility index (Phi) is 12.7. The molecule has 0 aliphatic carbocycles. The molecule has 0 saturated carbocycles. The molecule has 15 heteroatoms. The molecule has 2 aromatic heterocycles. The van der Waals surface area contributed by atoms with Crippen molar-refractivity contribution in [3.05, 3.63) is 132 Å². The number of amides is 2. The summed E-state index contributed by atoms with van der Waals surface area (Å²) in [4.78, 5) is 30.8. The number of aromatic nitrogens is 2. The second-order valence-electron chi connectivity index (χ2n) is 8.00. The van der Waals surface area contributed by atoms with E-state index in [1.54, 1.807) is 12.1 Å². The van der Waals surface area contributed by atoms with Crippen LogP contribution in [0.5, 0.6) is 0 Å². The Morgan fingerprint density at radius 3 is 1.09 bits per heavy atom. The molecule has 225 valence electrons. The zero-order valence-electron chi connectivity index (χ0n) is 21.6. The van der Waals surface area contributed by atoms with Gasteiger partial charge >= 0.3 is 12.4 Å². The van der Waals surface area contributed by atoms with Crippen LogP contribution in [-0.2, 0) is 16.8 Å². The fourth-order valence-electron chi connectivity index (χ4n) is 3.12. The molecule has 0 aliphatic rings. The summed E-state index contributed by atoms with van der Waals surface area (Å²) in [5.74, 6) is -1.48. The molecule has 0 fully saturated rings. The molecule has 2 amide bonds. The van der Waals surface area contributed by atoms with Crippen molar-refractivity contribution in [3.63, 3.8) is 0 Å². The number of halogens is 6. The SMILES string of the molecule is O=C(NN=C(c1ccccc1)C(F)(F)F)c1ccncc1.O=C(NN=C(c1ccccc1)C(F)(F)F)c1ccncc1.[Co]. The van der Waals surface area contributed by atoms with Gasteiger partial charge in [0.15, 0.2) is 11.4 Å². The maximum atomic E-state index is 13.0. The largest absolute Gasteiger partial charge is 0.435 e. The number of carbonyl (C=O) groups is 2. The van der Waals surface area contributed by atoms with Crippen LogP contribution in [0.4, 0.5) is 26.3 Å². The number of hydrazone groups is 2. The van der Waals surface area contributed by atoms with Crippen LogP contribution in [0.15, 0.2) is 120 Å². The number of benzene rings is 2. The molecule has 43 heavy (non-hydrogen) atoms. The maximum Gasteiger partial charge on any atom is 0.435 e. The Morgan fingerprint density at radius 1 is 0.512 bits per heavy atom. The molecule has 8 nitrogen and oxygen atoms in total. The van der Waals surface area contributed by atoms with Gasteiger partial charge in [-0.2, -0.15) is 36.5 Å². The van der Waals surface area contributed by atoms with Crippen molar-refractivity contribution in [2.75, 3.05) is 0 Å². The minimum absolute atomic E-state index is 0. The maximum absolute atomic E-state index is 13.0. The van der Waals surface area contributed by atoms with E-state index in [1.165, 1.54) is 97.6 Å². The van der Waals surface area contributed by atoms with Gasteiger partial charge < -0.3 is 0 Å². The van der Waals surface area contributed by atoms with Crippen LogP contribution < -0.4 is 10.9 Å². The number of alkyl halides is 6. The van der Waals surface area contributed by atoms with Crippen LogP contribution in [0, 0.1) is 0 Å². The quantitative estimate of drug-likeness (QED) is 0.163. The molecule has 4 aromatic rings. The molecule has 0 atom stereocenters.